The fourth-order valence-electron chi connectivity index (χ4n) is 4.90. The van der Waals surface area contributed by atoms with Crippen LogP contribution < -0.4 is 0 Å². The van der Waals surface area contributed by atoms with E-state index < -0.39 is 0 Å². The zero-order chi connectivity index (χ0) is 18.3. The molecule has 0 unspecified atom stereocenters. The molecule has 3 aliphatic rings. The van der Waals surface area contributed by atoms with Crippen molar-refractivity contribution in [3.8, 4) is 0 Å². The van der Waals surface area contributed by atoms with Gasteiger partial charge >= 0.3 is 0 Å². The van der Waals surface area contributed by atoms with Gasteiger partial charge in [0.25, 0.3) is 5.91 Å². The number of carbonyl (C=O) groups is 1. The van der Waals surface area contributed by atoms with E-state index in [0.717, 1.165) is 74.6 Å². The summed E-state index contributed by atoms with van der Waals surface area (Å²) in [6.07, 6.45) is 6.92. The van der Waals surface area contributed by atoms with Gasteiger partial charge in [0.15, 0.2) is 0 Å². The maximum atomic E-state index is 13.2. The van der Waals surface area contributed by atoms with Crippen LogP contribution in [0.15, 0.2) is 30.5 Å². The molecule has 2 aliphatic heterocycles. The lowest BCUT2D eigenvalue weighted by Gasteiger charge is -2.43. The zero-order valence-electron chi connectivity index (χ0n) is 16.0. The summed E-state index contributed by atoms with van der Waals surface area (Å²) >= 11 is 0. The van der Waals surface area contributed by atoms with Crippen molar-refractivity contribution in [3.05, 3.63) is 36.0 Å². The lowest BCUT2D eigenvalue weighted by Crippen LogP contribution is -2.52. The third kappa shape index (κ3) is 3.63. The normalized spacial score (nSPS) is 27.2. The third-order valence-corrected chi connectivity index (χ3v) is 6.48. The number of ether oxygens (including phenoxy) is 1. The van der Waals surface area contributed by atoms with Crippen molar-refractivity contribution < 1.29 is 9.53 Å². The van der Waals surface area contributed by atoms with E-state index in [4.69, 9.17) is 4.74 Å². The van der Waals surface area contributed by atoms with E-state index in [1.54, 1.807) is 0 Å². The Morgan fingerprint density at radius 2 is 2.15 bits per heavy atom. The van der Waals surface area contributed by atoms with Gasteiger partial charge in [-0.2, -0.15) is 0 Å². The molecule has 0 radical (unpaired) electrons. The first-order chi connectivity index (χ1) is 13.2. The number of fused-ring (bicyclic) bond motifs is 1. The summed E-state index contributed by atoms with van der Waals surface area (Å²) in [6, 6.07) is 8.00. The van der Waals surface area contributed by atoms with Gasteiger partial charge in [-0.25, -0.2) is 0 Å². The van der Waals surface area contributed by atoms with Crippen LogP contribution >= 0.6 is 0 Å². The minimum Gasteiger partial charge on any atom is -0.379 e. The molecule has 1 spiro atoms. The molecule has 1 aliphatic carbocycles. The number of amides is 1. The summed E-state index contributed by atoms with van der Waals surface area (Å²) in [5.74, 6) is 1.06. The van der Waals surface area contributed by atoms with Crippen molar-refractivity contribution in [2.45, 2.75) is 25.7 Å². The van der Waals surface area contributed by atoms with E-state index in [1.165, 1.54) is 19.4 Å². The number of hydrogen-bond donors (Lipinski definition) is 1. The molecule has 1 saturated carbocycles. The molecule has 5 rings (SSSR count). The second-order valence-electron chi connectivity index (χ2n) is 8.84. The fourth-order valence-corrected chi connectivity index (χ4v) is 4.90. The Labute approximate surface area is 160 Å². The number of nitrogens with zero attached hydrogens (tertiary/aromatic N) is 2. The summed E-state index contributed by atoms with van der Waals surface area (Å²) in [6.45, 7) is 6.61. The smallest absolute Gasteiger partial charge is 0.253 e. The highest BCUT2D eigenvalue weighted by Gasteiger charge is 2.41. The zero-order valence-corrected chi connectivity index (χ0v) is 16.0. The highest BCUT2D eigenvalue weighted by Crippen LogP contribution is 2.36. The van der Waals surface area contributed by atoms with Crippen LogP contribution in [-0.4, -0.2) is 66.6 Å². The Bertz CT molecular complexity index is 828. The molecule has 1 amide bonds. The standard InChI is InChI=1S/C22H29N3O2/c26-21(19-4-5-20-18(12-19)6-8-23-20)25-9-1-7-22(15-25)14-24(10-11-27-16-22)13-17-2-3-17/h4-6,8,12,17,23H,1-3,7,9-11,13-16H2/t22-/m1/s1. The van der Waals surface area contributed by atoms with Crippen LogP contribution in [0.4, 0.5) is 0 Å². The Morgan fingerprint density at radius 1 is 1.22 bits per heavy atom. The summed E-state index contributed by atoms with van der Waals surface area (Å²) in [7, 11) is 0. The van der Waals surface area contributed by atoms with Crippen molar-refractivity contribution in [2.24, 2.45) is 11.3 Å². The first kappa shape index (κ1) is 17.3. The van der Waals surface area contributed by atoms with E-state index in [1.807, 2.05) is 30.5 Å². The number of aromatic amines is 1. The van der Waals surface area contributed by atoms with Crippen LogP contribution in [0.1, 0.15) is 36.0 Å². The van der Waals surface area contributed by atoms with Gasteiger partial charge < -0.3 is 19.5 Å². The Balaban J connectivity index is 1.33. The largest absolute Gasteiger partial charge is 0.379 e. The molecule has 1 aromatic heterocycles. The second kappa shape index (κ2) is 6.95. The van der Waals surface area contributed by atoms with Crippen molar-refractivity contribution in [1.29, 1.82) is 0 Å². The maximum absolute atomic E-state index is 13.2. The first-order valence-corrected chi connectivity index (χ1v) is 10.4. The average molecular weight is 367 g/mol. The van der Waals surface area contributed by atoms with Crippen molar-refractivity contribution in [1.82, 2.24) is 14.8 Å². The molecule has 5 nitrogen and oxygen atoms in total. The number of H-pyrrole nitrogens is 1. The van der Waals surface area contributed by atoms with Gasteiger partial charge in [-0.15, -0.1) is 0 Å². The molecule has 27 heavy (non-hydrogen) atoms. The number of aromatic nitrogens is 1. The molecule has 1 N–H and O–H groups in total. The lowest BCUT2D eigenvalue weighted by molar-refractivity contribution is 0.00718. The van der Waals surface area contributed by atoms with Gasteiger partial charge in [0.1, 0.15) is 0 Å². The van der Waals surface area contributed by atoms with Crippen LogP contribution in [0, 0.1) is 11.3 Å². The van der Waals surface area contributed by atoms with Crippen LogP contribution in [0.5, 0.6) is 0 Å². The quantitative estimate of drug-likeness (QED) is 0.907. The molecule has 0 bridgehead atoms. The number of nitrogens with one attached hydrogen (secondary N) is 1. The molecule has 2 aromatic rings. The number of rotatable bonds is 3. The van der Waals surface area contributed by atoms with E-state index >= 15 is 0 Å². The Morgan fingerprint density at radius 3 is 3.04 bits per heavy atom. The molecule has 1 atom stereocenters. The van der Waals surface area contributed by atoms with Gasteiger partial charge in [-0.3, -0.25) is 4.79 Å². The number of likely N-dealkylation sites (tertiary alicyclic amines) is 1. The number of benzene rings is 1. The van der Waals surface area contributed by atoms with Crippen LogP contribution in [0.3, 0.4) is 0 Å². The van der Waals surface area contributed by atoms with E-state index in [0.29, 0.717) is 0 Å². The van der Waals surface area contributed by atoms with Gasteiger partial charge in [0.2, 0.25) is 0 Å². The SMILES string of the molecule is O=C(c1ccc2[nH]ccc2c1)N1CCC[C@]2(COCCN(CC3CC3)C2)C1. The van der Waals surface area contributed by atoms with E-state index in [2.05, 4.69) is 14.8 Å². The van der Waals surface area contributed by atoms with Gasteiger partial charge in [-0.05, 0) is 55.9 Å². The summed E-state index contributed by atoms with van der Waals surface area (Å²) < 4.78 is 6.02. The molecule has 144 valence electrons. The lowest BCUT2D eigenvalue weighted by atomic mass is 9.79. The molecule has 5 heteroatoms. The fraction of sp³-hybridized carbons (Fsp3) is 0.591. The number of carbonyl (C=O) groups excluding carboxylic acids is 1. The number of hydrogen-bond acceptors (Lipinski definition) is 3. The van der Waals surface area contributed by atoms with Gasteiger partial charge in [-0.1, -0.05) is 0 Å². The minimum atomic E-state index is 0.0947. The molecular formula is C22H29N3O2. The molecular weight excluding hydrogens is 338 g/mol. The van der Waals surface area contributed by atoms with Crippen molar-refractivity contribution >= 4 is 16.8 Å². The molecule has 1 aromatic carbocycles. The van der Waals surface area contributed by atoms with Crippen molar-refractivity contribution in [3.63, 3.8) is 0 Å². The Hall–Kier alpha value is -1.85. The number of piperidine rings is 1. The molecule has 3 fully saturated rings. The van der Waals surface area contributed by atoms with Crippen LogP contribution in [-0.2, 0) is 4.74 Å². The molecule has 2 saturated heterocycles. The Kier molecular flexibility index (Phi) is 4.44. The van der Waals surface area contributed by atoms with E-state index in [9.17, 15) is 4.79 Å². The second-order valence-corrected chi connectivity index (χ2v) is 8.84. The minimum absolute atomic E-state index is 0.0947. The highest BCUT2D eigenvalue weighted by molar-refractivity contribution is 5.98. The maximum Gasteiger partial charge on any atom is 0.253 e. The summed E-state index contributed by atoms with van der Waals surface area (Å²) in [5, 5.41) is 1.10. The van der Waals surface area contributed by atoms with Crippen LogP contribution in [0.2, 0.25) is 0 Å². The highest BCUT2D eigenvalue weighted by atomic mass is 16.5. The molecule has 3 heterocycles. The summed E-state index contributed by atoms with van der Waals surface area (Å²) in [5.41, 5.74) is 1.97. The predicted molar refractivity (Wildman–Crippen MR) is 106 cm³/mol. The van der Waals surface area contributed by atoms with Gasteiger partial charge in [0, 0.05) is 60.8 Å². The predicted octanol–water partition coefficient (Wildman–Crippen LogP) is 3.13. The monoisotopic (exact) mass is 367 g/mol. The van der Waals surface area contributed by atoms with Crippen molar-refractivity contribution in [2.75, 3.05) is 45.9 Å². The third-order valence-electron chi connectivity index (χ3n) is 6.48. The summed E-state index contributed by atoms with van der Waals surface area (Å²) in [4.78, 5) is 21.1. The van der Waals surface area contributed by atoms with E-state index in [-0.39, 0.29) is 11.3 Å². The first-order valence-electron chi connectivity index (χ1n) is 10.4. The van der Waals surface area contributed by atoms with Gasteiger partial charge in [0.05, 0.1) is 13.2 Å². The average Bonchev–Trinajstić information content (AvgIpc) is 3.41. The topological polar surface area (TPSA) is 48.6 Å². The van der Waals surface area contributed by atoms with Crippen LogP contribution in [0.25, 0.3) is 10.9 Å².